The van der Waals surface area contributed by atoms with Crippen LogP contribution in [0.1, 0.15) is 31.2 Å². The van der Waals surface area contributed by atoms with Gasteiger partial charge in [0.25, 0.3) is 0 Å². The molecule has 0 bridgehead atoms. The molecule has 4 atom stereocenters. The van der Waals surface area contributed by atoms with Gasteiger partial charge in [-0.15, -0.1) is 0 Å². The number of sulfone groups is 1. The van der Waals surface area contributed by atoms with Gasteiger partial charge < -0.3 is 9.84 Å². The Hall–Kier alpha value is -1.79. The molecular weight excluding hydrogens is 524 g/mol. The van der Waals surface area contributed by atoms with Gasteiger partial charge in [-0.05, 0) is 62.1 Å². The van der Waals surface area contributed by atoms with Crippen molar-refractivity contribution in [2.75, 3.05) is 13.2 Å². The van der Waals surface area contributed by atoms with Crippen LogP contribution in [0.15, 0.2) is 41.3 Å². The Bertz CT molecular complexity index is 1370. The van der Waals surface area contributed by atoms with E-state index in [0.29, 0.717) is 17.9 Å². The molecule has 0 radical (unpaired) electrons. The Kier molecular flexibility index (Phi) is 6.15. The number of halogens is 3. The molecule has 4 unspecified atom stereocenters. The lowest BCUT2D eigenvalue weighted by molar-refractivity contribution is -0.0176. The fraction of sp³-hybridized carbons (Fsp3) is 0.478. The van der Waals surface area contributed by atoms with Gasteiger partial charge >= 0.3 is 0 Å². The Balaban J connectivity index is 1.68. The van der Waals surface area contributed by atoms with Crippen molar-refractivity contribution in [1.82, 2.24) is 4.72 Å². The maximum absolute atomic E-state index is 15.4. The summed E-state index contributed by atoms with van der Waals surface area (Å²) in [6, 6.07) is 7.10. The summed E-state index contributed by atoms with van der Waals surface area (Å²) >= 11 is 5.94. The summed E-state index contributed by atoms with van der Waals surface area (Å²) in [6.07, 6.45) is -0.276. The SMILES string of the molecule is O=S(=O)(NCC1C(O)CCC2(S(=O)(=O)c3ccc(Cl)cc3)c3c(F)ccc(F)c3OCC12)C1CC1. The summed E-state index contributed by atoms with van der Waals surface area (Å²) in [5.41, 5.74) is -0.425. The summed E-state index contributed by atoms with van der Waals surface area (Å²) < 4.78 is 89.6. The molecule has 7 nitrogen and oxygen atoms in total. The number of hydrogen-bond donors (Lipinski definition) is 2. The van der Waals surface area contributed by atoms with Gasteiger partial charge in [0.15, 0.2) is 21.4 Å². The average Bonchev–Trinajstić information content (AvgIpc) is 3.67. The van der Waals surface area contributed by atoms with Crippen LogP contribution in [-0.2, 0) is 24.6 Å². The molecule has 5 rings (SSSR count). The van der Waals surface area contributed by atoms with Crippen molar-refractivity contribution in [3.63, 3.8) is 0 Å². The molecule has 2 aromatic carbocycles. The predicted octanol–water partition coefficient (Wildman–Crippen LogP) is 3.15. The number of nitrogens with one attached hydrogen (secondary N) is 1. The summed E-state index contributed by atoms with van der Waals surface area (Å²) in [4.78, 5) is -0.142. The van der Waals surface area contributed by atoms with Gasteiger partial charge in [0.05, 0.1) is 28.4 Å². The normalized spacial score (nSPS) is 28.6. The van der Waals surface area contributed by atoms with Crippen LogP contribution in [0.25, 0.3) is 0 Å². The quantitative estimate of drug-likeness (QED) is 0.575. The molecule has 2 fully saturated rings. The van der Waals surface area contributed by atoms with E-state index in [1.165, 1.54) is 24.3 Å². The number of fused-ring (bicyclic) bond motifs is 3. The molecule has 0 amide bonds. The third kappa shape index (κ3) is 3.96. The van der Waals surface area contributed by atoms with E-state index in [-0.39, 0.29) is 30.9 Å². The van der Waals surface area contributed by atoms with Crippen LogP contribution in [0.2, 0.25) is 5.02 Å². The zero-order valence-corrected chi connectivity index (χ0v) is 20.8. The molecule has 3 aliphatic rings. The van der Waals surface area contributed by atoms with E-state index < -0.39 is 70.7 Å². The molecule has 1 aliphatic heterocycles. The van der Waals surface area contributed by atoms with E-state index in [9.17, 15) is 26.3 Å². The van der Waals surface area contributed by atoms with Crippen LogP contribution >= 0.6 is 11.6 Å². The van der Waals surface area contributed by atoms with E-state index in [4.69, 9.17) is 16.3 Å². The summed E-state index contributed by atoms with van der Waals surface area (Å²) in [6.45, 7) is -0.592. The Labute approximate surface area is 207 Å². The standard InChI is InChI=1S/C23H24ClF2NO6S2/c24-13-1-3-14(4-2-13)34(29,30)23-10-9-20(28)16(11-27-35(31,32)15-5-6-15)17(23)12-33-22-19(26)8-7-18(25)21(22)23/h1-4,7-8,15-17,20,27-28H,5-6,9-12H2. The molecule has 0 aromatic heterocycles. The van der Waals surface area contributed by atoms with E-state index >= 15 is 4.39 Å². The topological polar surface area (TPSA) is 110 Å². The molecule has 2 aromatic rings. The van der Waals surface area contributed by atoms with Gasteiger partial charge in [-0.25, -0.2) is 30.3 Å². The Morgan fingerprint density at radius 3 is 2.34 bits per heavy atom. The number of rotatable bonds is 6. The molecule has 2 saturated carbocycles. The lowest BCUT2D eigenvalue weighted by Gasteiger charge is -2.51. The first-order valence-corrected chi connectivity index (χ1v) is 14.7. The monoisotopic (exact) mass is 547 g/mol. The molecule has 1 heterocycles. The maximum atomic E-state index is 15.4. The molecule has 0 spiro atoms. The van der Waals surface area contributed by atoms with Crippen molar-refractivity contribution < 1.29 is 35.5 Å². The van der Waals surface area contributed by atoms with Gasteiger partial charge in [-0.2, -0.15) is 0 Å². The number of aliphatic hydroxyl groups excluding tert-OH is 1. The van der Waals surface area contributed by atoms with Crippen LogP contribution in [-0.4, -0.2) is 46.4 Å². The first-order chi connectivity index (χ1) is 16.5. The Morgan fingerprint density at radius 2 is 1.69 bits per heavy atom. The van der Waals surface area contributed by atoms with E-state index in [1.807, 2.05) is 0 Å². The van der Waals surface area contributed by atoms with Crippen LogP contribution in [0, 0.1) is 23.5 Å². The maximum Gasteiger partial charge on any atom is 0.214 e. The summed E-state index contributed by atoms with van der Waals surface area (Å²) in [7, 11) is -8.04. The second-order valence-electron chi connectivity index (χ2n) is 9.36. The fourth-order valence-electron chi connectivity index (χ4n) is 5.47. The number of aliphatic hydroxyl groups is 1. The predicted molar refractivity (Wildman–Crippen MR) is 124 cm³/mol. The minimum absolute atomic E-state index is 0.0610. The van der Waals surface area contributed by atoms with Gasteiger partial charge in [0.2, 0.25) is 10.0 Å². The highest BCUT2D eigenvalue weighted by atomic mass is 35.5. The largest absolute Gasteiger partial charge is 0.490 e. The highest BCUT2D eigenvalue weighted by Gasteiger charge is 2.62. The lowest BCUT2D eigenvalue weighted by Crippen LogP contribution is -2.59. The molecule has 12 heteroatoms. The fourth-order valence-corrected chi connectivity index (χ4v) is 9.41. The van der Waals surface area contributed by atoms with Gasteiger partial charge in [-0.1, -0.05) is 11.6 Å². The second kappa shape index (κ2) is 8.65. The zero-order valence-electron chi connectivity index (χ0n) is 18.5. The van der Waals surface area contributed by atoms with Crippen LogP contribution < -0.4 is 9.46 Å². The number of sulfonamides is 1. The molecule has 0 saturated heterocycles. The molecule has 2 aliphatic carbocycles. The highest BCUT2D eigenvalue weighted by Crippen LogP contribution is 2.58. The van der Waals surface area contributed by atoms with Crippen molar-refractivity contribution in [2.45, 2.75) is 46.7 Å². The zero-order chi connectivity index (χ0) is 25.2. The van der Waals surface area contributed by atoms with Crippen LogP contribution in [0.4, 0.5) is 8.78 Å². The Morgan fingerprint density at radius 1 is 1.03 bits per heavy atom. The number of ether oxygens (including phenoxy) is 1. The van der Waals surface area contributed by atoms with E-state index in [1.54, 1.807) is 0 Å². The first-order valence-electron chi connectivity index (χ1n) is 11.3. The minimum atomic E-state index is -4.40. The van der Waals surface area contributed by atoms with Gasteiger partial charge in [0.1, 0.15) is 10.6 Å². The number of hydrogen-bond acceptors (Lipinski definition) is 6. The van der Waals surface area contributed by atoms with Crippen molar-refractivity contribution in [3.8, 4) is 5.75 Å². The number of benzene rings is 2. The average molecular weight is 548 g/mol. The second-order valence-corrected chi connectivity index (χ2v) is 14.0. The lowest BCUT2D eigenvalue weighted by atomic mass is 9.66. The summed E-state index contributed by atoms with van der Waals surface area (Å²) in [5, 5.41) is 10.6. The summed E-state index contributed by atoms with van der Waals surface area (Å²) in [5.74, 6) is -4.31. The molecule has 35 heavy (non-hydrogen) atoms. The van der Waals surface area contributed by atoms with E-state index in [2.05, 4.69) is 4.72 Å². The van der Waals surface area contributed by atoms with E-state index in [0.717, 1.165) is 12.1 Å². The van der Waals surface area contributed by atoms with Gasteiger partial charge in [0, 0.05) is 23.4 Å². The smallest absolute Gasteiger partial charge is 0.214 e. The van der Waals surface area contributed by atoms with Crippen LogP contribution in [0.3, 0.4) is 0 Å². The van der Waals surface area contributed by atoms with Crippen molar-refractivity contribution in [3.05, 3.63) is 58.6 Å². The van der Waals surface area contributed by atoms with Gasteiger partial charge in [-0.3, -0.25) is 0 Å². The molecule has 2 N–H and O–H groups in total. The van der Waals surface area contributed by atoms with Crippen LogP contribution in [0.5, 0.6) is 5.75 Å². The van der Waals surface area contributed by atoms with Crippen molar-refractivity contribution in [1.29, 1.82) is 0 Å². The molecule has 190 valence electrons. The minimum Gasteiger partial charge on any atom is -0.490 e. The first kappa shape index (κ1) is 24.9. The molecular formula is C23H24ClF2NO6S2. The third-order valence-electron chi connectivity index (χ3n) is 7.40. The van der Waals surface area contributed by atoms with Crippen molar-refractivity contribution >= 4 is 31.5 Å². The third-order valence-corrected chi connectivity index (χ3v) is 12.1. The van der Waals surface area contributed by atoms with Crippen molar-refractivity contribution in [2.24, 2.45) is 11.8 Å². The highest BCUT2D eigenvalue weighted by molar-refractivity contribution is 7.92.